The van der Waals surface area contributed by atoms with Crippen LogP contribution in [0, 0.1) is 11.6 Å². The van der Waals surface area contributed by atoms with Crippen molar-refractivity contribution >= 4 is 38.8 Å². The molecule has 0 aliphatic heterocycles. The molecule has 1 unspecified atom stereocenters. The fourth-order valence-corrected chi connectivity index (χ4v) is 3.08. The number of anilines is 1. The van der Waals surface area contributed by atoms with Gasteiger partial charge in [0.1, 0.15) is 17.2 Å². The van der Waals surface area contributed by atoms with Crippen molar-refractivity contribution in [3.63, 3.8) is 0 Å². The highest BCUT2D eigenvalue weighted by atomic mass is 35.5. The zero-order chi connectivity index (χ0) is 15.0. The fourth-order valence-electron chi connectivity index (χ4n) is 2.18. The van der Waals surface area contributed by atoms with E-state index in [0.717, 1.165) is 22.3 Å². The molecule has 3 rings (SSSR count). The van der Waals surface area contributed by atoms with E-state index in [4.69, 9.17) is 11.6 Å². The van der Waals surface area contributed by atoms with Gasteiger partial charge in [0.05, 0.1) is 27.0 Å². The van der Waals surface area contributed by atoms with Gasteiger partial charge in [-0.1, -0.05) is 11.6 Å². The van der Waals surface area contributed by atoms with Crippen LogP contribution in [0.3, 0.4) is 0 Å². The van der Waals surface area contributed by atoms with E-state index >= 15 is 0 Å². The first kappa shape index (κ1) is 14.2. The molecule has 1 N–H and O–H groups in total. The van der Waals surface area contributed by atoms with E-state index in [1.54, 1.807) is 18.5 Å². The largest absolute Gasteiger partial charge is 0.375 e. The third-order valence-electron chi connectivity index (χ3n) is 3.24. The van der Waals surface area contributed by atoms with Gasteiger partial charge in [-0.15, -0.1) is 11.3 Å². The Labute approximate surface area is 129 Å². The van der Waals surface area contributed by atoms with Gasteiger partial charge in [0, 0.05) is 5.56 Å². The molecule has 1 heterocycles. The molecule has 0 aliphatic carbocycles. The van der Waals surface area contributed by atoms with E-state index in [9.17, 15) is 8.78 Å². The van der Waals surface area contributed by atoms with Gasteiger partial charge in [0.15, 0.2) is 0 Å². The van der Waals surface area contributed by atoms with Crippen LogP contribution in [0.25, 0.3) is 10.2 Å². The second-order valence-electron chi connectivity index (χ2n) is 4.65. The number of halogens is 3. The van der Waals surface area contributed by atoms with E-state index in [2.05, 4.69) is 10.3 Å². The Morgan fingerprint density at radius 1 is 1.24 bits per heavy atom. The molecule has 1 atom stereocenters. The summed E-state index contributed by atoms with van der Waals surface area (Å²) in [5, 5.41) is 3.63. The maximum Gasteiger partial charge on any atom is 0.128 e. The zero-order valence-electron chi connectivity index (χ0n) is 11.0. The van der Waals surface area contributed by atoms with E-state index in [-0.39, 0.29) is 5.56 Å². The Balaban J connectivity index is 2.00. The summed E-state index contributed by atoms with van der Waals surface area (Å²) < 4.78 is 28.1. The van der Waals surface area contributed by atoms with Crippen LogP contribution in [0.2, 0.25) is 5.02 Å². The monoisotopic (exact) mass is 324 g/mol. The van der Waals surface area contributed by atoms with E-state index in [0.29, 0.717) is 10.7 Å². The number of thiazole rings is 1. The second kappa shape index (κ2) is 5.58. The van der Waals surface area contributed by atoms with Crippen LogP contribution in [0.4, 0.5) is 14.5 Å². The van der Waals surface area contributed by atoms with Crippen LogP contribution in [0.5, 0.6) is 0 Å². The smallest absolute Gasteiger partial charge is 0.128 e. The summed E-state index contributed by atoms with van der Waals surface area (Å²) >= 11 is 7.69. The number of rotatable bonds is 3. The number of hydrogen-bond donors (Lipinski definition) is 1. The number of hydrogen-bond acceptors (Lipinski definition) is 3. The third-order valence-corrected chi connectivity index (χ3v) is 4.35. The van der Waals surface area contributed by atoms with Gasteiger partial charge >= 0.3 is 0 Å². The van der Waals surface area contributed by atoms with Crippen molar-refractivity contribution in [1.82, 2.24) is 4.98 Å². The molecule has 2 aromatic carbocycles. The van der Waals surface area contributed by atoms with Gasteiger partial charge in [-0.2, -0.15) is 0 Å². The molecule has 0 saturated heterocycles. The van der Waals surface area contributed by atoms with Gasteiger partial charge in [-0.05, 0) is 37.3 Å². The number of nitrogens with zero attached hydrogens (tertiary/aromatic N) is 1. The predicted octanol–water partition coefficient (Wildman–Crippen LogP) is 5.40. The molecule has 21 heavy (non-hydrogen) atoms. The van der Waals surface area contributed by atoms with Crippen molar-refractivity contribution in [2.75, 3.05) is 5.32 Å². The first-order valence-electron chi connectivity index (χ1n) is 6.29. The molecular weight excluding hydrogens is 314 g/mol. The quantitative estimate of drug-likeness (QED) is 0.697. The molecule has 0 radical (unpaired) electrons. The van der Waals surface area contributed by atoms with Crippen LogP contribution in [0.1, 0.15) is 18.5 Å². The Hall–Kier alpha value is -1.72. The minimum absolute atomic E-state index is 0.248. The third kappa shape index (κ3) is 2.71. The molecule has 0 fully saturated rings. The molecule has 0 amide bonds. The Bertz CT molecular complexity index is 803. The van der Waals surface area contributed by atoms with E-state index in [1.165, 1.54) is 17.4 Å². The Morgan fingerprint density at radius 3 is 2.86 bits per heavy atom. The molecule has 108 valence electrons. The molecule has 1 aromatic heterocycles. The molecule has 0 saturated carbocycles. The zero-order valence-corrected chi connectivity index (χ0v) is 12.6. The van der Waals surface area contributed by atoms with Gasteiger partial charge in [0.2, 0.25) is 0 Å². The fraction of sp³-hybridized carbons (Fsp3) is 0.133. The molecular formula is C15H11ClF2N2S. The number of nitrogens with one attached hydrogen (secondary N) is 1. The molecule has 6 heteroatoms. The van der Waals surface area contributed by atoms with E-state index in [1.807, 2.05) is 6.07 Å². The maximum atomic E-state index is 13.8. The topological polar surface area (TPSA) is 24.9 Å². The van der Waals surface area contributed by atoms with Crippen LogP contribution in [-0.2, 0) is 0 Å². The minimum Gasteiger partial charge on any atom is -0.375 e. The highest BCUT2D eigenvalue weighted by molar-refractivity contribution is 7.16. The van der Waals surface area contributed by atoms with Gasteiger partial charge in [0.25, 0.3) is 0 Å². The van der Waals surface area contributed by atoms with E-state index < -0.39 is 17.7 Å². The van der Waals surface area contributed by atoms with Crippen LogP contribution >= 0.6 is 22.9 Å². The van der Waals surface area contributed by atoms with Crippen molar-refractivity contribution in [2.24, 2.45) is 0 Å². The summed E-state index contributed by atoms with van der Waals surface area (Å²) in [7, 11) is 0. The van der Waals surface area contributed by atoms with Gasteiger partial charge < -0.3 is 5.32 Å². The molecule has 0 spiro atoms. The second-order valence-corrected chi connectivity index (χ2v) is 5.95. The summed E-state index contributed by atoms with van der Waals surface area (Å²) in [6, 6.07) is 6.60. The Morgan fingerprint density at radius 2 is 2.05 bits per heavy atom. The number of fused-ring (bicyclic) bond motifs is 1. The van der Waals surface area contributed by atoms with Crippen LogP contribution < -0.4 is 5.32 Å². The average molecular weight is 325 g/mol. The summed E-state index contributed by atoms with van der Waals surface area (Å²) in [6.45, 7) is 1.75. The number of aromatic nitrogens is 1. The SMILES string of the molecule is CC(Nc1c(Cl)ccc2scnc12)c1cc(F)ccc1F. The normalized spacial score (nSPS) is 12.6. The first-order chi connectivity index (χ1) is 10.1. The molecule has 0 bridgehead atoms. The van der Waals surface area contributed by atoms with Crippen molar-refractivity contribution in [1.29, 1.82) is 0 Å². The minimum atomic E-state index is -0.474. The summed E-state index contributed by atoms with van der Waals surface area (Å²) in [5.41, 5.74) is 3.33. The first-order valence-corrected chi connectivity index (χ1v) is 7.55. The summed E-state index contributed by atoms with van der Waals surface area (Å²) in [4.78, 5) is 4.27. The van der Waals surface area contributed by atoms with Crippen molar-refractivity contribution in [3.8, 4) is 0 Å². The maximum absolute atomic E-state index is 13.8. The van der Waals surface area contributed by atoms with Gasteiger partial charge in [-0.3, -0.25) is 0 Å². The van der Waals surface area contributed by atoms with Gasteiger partial charge in [-0.25, -0.2) is 13.8 Å². The average Bonchev–Trinajstić information content (AvgIpc) is 2.93. The molecule has 3 aromatic rings. The summed E-state index contributed by atoms with van der Waals surface area (Å²) in [5.74, 6) is -0.934. The molecule has 2 nitrogen and oxygen atoms in total. The highest BCUT2D eigenvalue weighted by Crippen LogP contribution is 2.35. The standard InChI is InChI=1S/C15H11ClF2N2S/c1-8(10-6-9(17)2-4-12(10)18)20-14-11(16)3-5-13-15(14)19-7-21-13/h2-8,20H,1H3. The van der Waals surface area contributed by atoms with Crippen molar-refractivity contribution in [3.05, 3.63) is 58.1 Å². The van der Waals surface area contributed by atoms with Crippen LogP contribution in [-0.4, -0.2) is 4.98 Å². The van der Waals surface area contributed by atoms with Crippen LogP contribution in [0.15, 0.2) is 35.8 Å². The lowest BCUT2D eigenvalue weighted by Crippen LogP contribution is -2.09. The lowest BCUT2D eigenvalue weighted by Gasteiger charge is -2.18. The van der Waals surface area contributed by atoms with Crippen molar-refractivity contribution < 1.29 is 8.78 Å². The predicted molar refractivity (Wildman–Crippen MR) is 83.0 cm³/mol. The number of benzene rings is 2. The Kier molecular flexibility index (Phi) is 3.78. The summed E-state index contributed by atoms with van der Waals surface area (Å²) in [6.07, 6.45) is 0. The molecule has 0 aliphatic rings. The lowest BCUT2D eigenvalue weighted by atomic mass is 10.1. The lowest BCUT2D eigenvalue weighted by molar-refractivity contribution is 0.577. The van der Waals surface area contributed by atoms with Crippen molar-refractivity contribution in [2.45, 2.75) is 13.0 Å². The highest BCUT2D eigenvalue weighted by Gasteiger charge is 2.16.